The van der Waals surface area contributed by atoms with Crippen molar-refractivity contribution >= 4 is 17.5 Å². The highest BCUT2D eigenvalue weighted by Gasteiger charge is 2.02. The summed E-state index contributed by atoms with van der Waals surface area (Å²) in [5, 5.41) is 0. The quantitative estimate of drug-likeness (QED) is 0.705. The van der Waals surface area contributed by atoms with Crippen LogP contribution in [-0.2, 0) is 4.79 Å². The van der Waals surface area contributed by atoms with Crippen molar-refractivity contribution in [1.82, 2.24) is 0 Å². The molecule has 0 aliphatic carbocycles. The van der Waals surface area contributed by atoms with Crippen molar-refractivity contribution in [3.8, 4) is 0 Å². The molecule has 0 unspecified atom stereocenters. The number of hydrogen-bond acceptors (Lipinski definition) is 2. The van der Waals surface area contributed by atoms with E-state index in [1.807, 2.05) is 6.92 Å². The highest BCUT2D eigenvalue weighted by molar-refractivity contribution is 7.99. The Hall–Kier alpha value is -0.760. The lowest BCUT2D eigenvalue weighted by molar-refractivity contribution is -0.118. The lowest BCUT2D eigenvalue weighted by Gasteiger charge is -2.05. The van der Waals surface area contributed by atoms with Gasteiger partial charge in [-0.2, -0.15) is 0 Å². The van der Waals surface area contributed by atoms with Crippen LogP contribution in [0.1, 0.15) is 30.9 Å². The molecule has 15 heavy (non-hydrogen) atoms. The van der Waals surface area contributed by atoms with Gasteiger partial charge in [-0.05, 0) is 25.5 Å². The van der Waals surface area contributed by atoms with Crippen LogP contribution in [0.15, 0.2) is 23.1 Å². The van der Waals surface area contributed by atoms with Gasteiger partial charge in [-0.3, -0.25) is 4.79 Å². The molecule has 2 heteroatoms. The second kappa shape index (κ2) is 5.96. The van der Waals surface area contributed by atoms with Gasteiger partial charge in [0.25, 0.3) is 0 Å². The topological polar surface area (TPSA) is 17.1 Å². The first-order valence-corrected chi connectivity index (χ1v) is 6.33. The summed E-state index contributed by atoms with van der Waals surface area (Å²) in [6, 6.07) is 6.45. The highest BCUT2D eigenvalue weighted by atomic mass is 32.2. The van der Waals surface area contributed by atoms with Crippen molar-refractivity contribution in [1.29, 1.82) is 0 Å². The van der Waals surface area contributed by atoms with Gasteiger partial charge in [0.2, 0.25) is 0 Å². The van der Waals surface area contributed by atoms with Crippen LogP contribution in [0.4, 0.5) is 0 Å². The molecule has 0 heterocycles. The highest BCUT2D eigenvalue weighted by Crippen LogP contribution is 2.24. The maximum atomic E-state index is 11.1. The minimum absolute atomic E-state index is 0.354. The zero-order valence-electron chi connectivity index (χ0n) is 9.67. The van der Waals surface area contributed by atoms with Gasteiger partial charge >= 0.3 is 0 Å². The fraction of sp³-hybridized carbons (Fsp3) is 0.462. The number of ketones is 1. The van der Waals surface area contributed by atoms with E-state index < -0.39 is 0 Å². The predicted octanol–water partition coefficient (Wildman–Crippen LogP) is 3.76. The van der Waals surface area contributed by atoms with Crippen LogP contribution in [0.5, 0.6) is 0 Å². The third-order valence-corrected chi connectivity index (χ3v) is 3.54. The van der Waals surface area contributed by atoms with Crippen LogP contribution < -0.4 is 0 Å². The monoisotopic (exact) mass is 222 g/mol. The summed E-state index contributed by atoms with van der Waals surface area (Å²) in [5.74, 6) is 1.25. The second-order valence-corrected chi connectivity index (χ2v) is 4.90. The van der Waals surface area contributed by atoms with E-state index in [0.717, 1.165) is 5.75 Å². The Labute approximate surface area is 96.3 Å². The summed E-state index contributed by atoms with van der Waals surface area (Å²) in [5.41, 5.74) is 2.58. The summed E-state index contributed by atoms with van der Waals surface area (Å²) >= 11 is 1.78. The normalized spacial score (nSPS) is 10.3. The second-order valence-electron chi connectivity index (χ2n) is 3.76. The molecule has 0 bridgehead atoms. The van der Waals surface area contributed by atoms with Crippen molar-refractivity contribution < 1.29 is 4.79 Å². The van der Waals surface area contributed by atoms with Crippen molar-refractivity contribution in [2.45, 2.75) is 38.5 Å². The van der Waals surface area contributed by atoms with Crippen molar-refractivity contribution in [3.05, 3.63) is 29.3 Å². The average molecular weight is 222 g/mol. The molecule has 82 valence electrons. The molecule has 0 fully saturated rings. The Kier molecular flexibility index (Phi) is 4.89. The van der Waals surface area contributed by atoms with Crippen LogP contribution in [0.3, 0.4) is 0 Å². The van der Waals surface area contributed by atoms with Crippen LogP contribution in [0.25, 0.3) is 0 Å². The molecule has 0 saturated carbocycles. The predicted molar refractivity (Wildman–Crippen MR) is 66.6 cm³/mol. The first kappa shape index (κ1) is 12.3. The van der Waals surface area contributed by atoms with Gasteiger partial charge in [-0.25, -0.2) is 0 Å². The molecule has 0 aliphatic rings. The number of rotatable bonds is 5. The van der Waals surface area contributed by atoms with Crippen LogP contribution >= 0.6 is 11.8 Å². The number of hydrogen-bond donors (Lipinski definition) is 0. The SMILES string of the molecule is CCC(=O)CCSc1cc(C)ccc1C. The summed E-state index contributed by atoms with van der Waals surface area (Å²) in [7, 11) is 0. The van der Waals surface area contributed by atoms with Gasteiger partial charge in [-0.15, -0.1) is 11.8 Å². The maximum Gasteiger partial charge on any atom is 0.133 e. The van der Waals surface area contributed by atoms with Crippen molar-refractivity contribution in [2.75, 3.05) is 5.75 Å². The van der Waals surface area contributed by atoms with E-state index >= 15 is 0 Å². The van der Waals surface area contributed by atoms with Gasteiger partial charge < -0.3 is 0 Å². The summed E-state index contributed by atoms with van der Waals surface area (Å²) < 4.78 is 0. The summed E-state index contributed by atoms with van der Waals surface area (Å²) in [6.45, 7) is 6.13. The van der Waals surface area contributed by atoms with E-state index in [-0.39, 0.29) is 0 Å². The Morgan fingerprint density at radius 3 is 2.73 bits per heavy atom. The molecule has 1 nitrogen and oxygen atoms in total. The van der Waals surface area contributed by atoms with E-state index in [1.54, 1.807) is 11.8 Å². The largest absolute Gasteiger partial charge is 0.300 e. The first-order valence-electron chi connectivity index (χ1n) is 5.35. The minimum atomic E-state index is 0.354. The van der Waals surface area contributed by atoms with Crippen LogP contribution in [0, 0.1) is 13.8 Å². The molecule has 0 N–H and O–H groups in total. The summed E-state index contributed by atoms with van der Waals surface area (Å²) in [6.07, 6.45) is 1.35. The third-order valence-electron chi connectivity index (χ3n) is 2.38. The van der Waals surface area contributed by atoms with Gasteiger partial charge in [0.05, 0.1) is 0 Å². The minimum Gasteiger partial charge on any atom is -0.300 e. The number of benzene rings is 1. The average Bonchev–Trinajstić information content (AvgIpc) is 2.23. The van der Waals surface area contributed by atoms with Gasteiger partial charge in [0.15, 0.2) is 0 Å². The fourth-order valence-electron chi connectivity index (χ4n) is 1.31. The molecule has 0 atom stereocenters. The van der Waals surface area contributed by atoms with Gasteiger partial charge in [0, 0.05) is 23.5 Å². The number of thioether (sulfide) groups is 1. The third kappa shape index (κ3) is 4.08. The molecule has 1 aromatic carbocycles. The molecular weight excluding hydrogens is 204 g/mol. The number of carbonyl (C=O) groups is 1. The lowest BCUT2D eigenvalue weighted by Crippen LogP contribution is -1.96. The number of Topliss-reactive ketones (excluding diaryl/α,β-unsaturated/α-hetero) is 1. The van der Waals surface area contributed by atoms with E-state index in [2.05, 4.69) is 32.0 Å². The Balaban J connectivity index is 2.50. The molecule has 1 aromatic rings. The lowest BCUT2D eigenvalue weighted by atomic mass is 10.2. The molecule has 0 amide bonds. The fourth-order valence-corrected chi connectivity index (χ4v) is 2.43. The zero-order valence-corrected chi connectivity index (χ0v) is 10.5. The van der Waals surface area contributed by atoms with Crippen LogP contribution in [-0.4, -0.2) is 11.5 Å². The van der Waals surface area contributed by atoms with Crippen molar-refractivity contribution in [2.24, 2.45) is 0 Å². The molecule has 0 aromatic heterocycles. The molecule has 0 saturated heterocycles. The molecule has 0 spiro atoms. The van der Waals surface area contributed by atoms with E-state index in [4.69, 9.17) is 0 Å². The van der Waals surface area contributed by atoms with E-state index in [9.17, 15) is 4.79 Å². The number of carbonyl (C=O) groups excluding carboxylic acids is 1. The standard InChI is InChI=1S/C13H18OS/c1-4-12(14)7-8-15-13-9-10(2)5-6-11(13)3/h5-6,9H,4,7-8H2,1-3H3. The molecule has 0 aliphatic heterocycles. The Morgan fingerprint density at radius 2 is 2.07 bits per heavy atom. The smallest absolute Gasteiger partial charge is 0.133 e. The maximum absolute atomic E-state index is 11.1. The van der Waals surface area contributed by atoms with E-state index in [1.165, 1.54) is 16.0 Å². The Morgan fingerprint density at radius 1 is 1.33 bits per heavy atom. The molecule has 1 rings (SSSR count). The molecule has 0 radical (unpaired) electrons. The van der Waals surface area contributed by atoms with Crippen molar-refractivity contribution in [3.63, 3.8) is 0 Å². The van der Waals surface area contributed by atoms with Gasteiger partial charge in [0.1, 0.15) is 5.78 Å². The van der Waals surface area contributed by atoms with E-state index in [0.29, 0.717) is 18.6 Å². The zero-order chi connectivity index (χ0) is 11.3. The number of aryl methyl sites for hydroxylation is 2. The van der Waals surface area contributed by atoms with Gasteiger partial charge in [-0.1, -0.05) is 24.6 Å². The molecular formula is C13H18OS. The Bertz CT molecular complexity index is 344. The summed E-state index contributed by atoms with van der Waals surface area (Å²) in [4.78, 5) is 12.4. The first-order chi connectivity index (χ1) is 7.13. The van der Waals surface area contributed by atoms with Crippen LogP contribution in [0.2, 0.25) is 0 Å².